The molecular weight excluding hydrogens is 236 g/mol. The molecule has 3 heteroatoms. The Balaban J connectivity index is 1.82. The van der Waals surface area contributed by atoms with Crippen molar-refractivity contribution in [2.24, 2.45) is 0 Å². The number of piperazine rings is 1. The van der Waals surface area contributed by atoms with E-state index in [1.54, 1.807) is 7.11 Å². The smallest absolute Gasteiger partial charge is 0.0462 e. The van der Waals surface area contributed by atoms with Gasteiger partial charge in [0.15, 0.2) is 0 Å². The molecule has 1 aliphatic heterocycles. The fourth-order valence-corrected chi connectivity index (χ4v) is 2.75. The number of hydrogen-bond donors (Lipinski definition) is 1. The number of nitrogens with zero attached hydrogens (tertiary/aromatic N) is 1. The van der Waals surface area contributed by atoms with Crippen LogP contribution in [0, 0.1) is 0 Å². The zero-order valence-corrected chi connectivity index (χ0v) is 12.0. The lowest BCUT2D eigenvalue weighted by Crippen LogP contribution is -2.52. The maximum atomic E-state index is 5.12. The van der Waals surface area contributed by atoms with Crippen LogP contribution in [0.25, 0.3) is 0 Å². The fourth-order valence-electron chi connectivity index (χ4n) is 2.75. The van der Waals surface area contributed by atoms with E-state index in [1.165, 1.54) is 31.5 Å². The zero-order chi connectivity index (χ0) is 13.3. The summed E-state index contributed by atoms with van der Waals surface area (Å²) in [4.78, 5) is 2.64. The molecule has 1 heterocycles. The van der Waals surface area contributed by atoms with Crippen molar-refractivity contribution in [2.75, 3.05) is 39.9 Å². The molecular formula is C16H26N2O. The third-order valence-corrected chi connectivity index (χ3v) is 3.83. The van der Waals surface area contributed by atoms with Gasteiger partial charge in [-0.3, -0.25) is 4.90 Å². The van der Waals surface area contributed by atoms with E-state index in [-0.39, 0.29) is 0 Å². The highest BCUT2D eigenvalue weighted by Gasteiger charge is 2.21. The Morgan fingerprint density at radius 1 is 1.26 bits per heavy atom. The molecule has 0 saturated carbocycles. The summed E-state index contributed by atoms with van der Waals surface area (Å²) in [7, 11) is 1.78. The second-order valence-electron chi connectivity index (χ2n) is 5.28. The van der Waals surface area contributed by atoms with Crippen molar-refractivity contribution >= 4 is 0 Å². The molecule has 0 aromatic heterocycles. The monoisotopic (exact) mass is 262 g/mol. The first kappa shape index (κ1) is 14.5. The van der Waals surface area contributed by atoms with Gasteiger partial charge in [0.1, 0.15) is 0 Å². The van der Waals surface area contributed by atoms with Gasteiger partial charge in [0.05, 0.1) is 0 Å². The maximum Gasteiger partial charge on any atom is 0.0462 e. The third-order valence-electron chi connectivity index (χ3n) is 3.83. The summed E-state index contributed by atoms with van der Waals surface area (Å²) >= 11 is 0. The average Bonchev–Trinajstić information content (AvgIpc) is 2.46. The van der Waals surface area contributed by atoms with E-state index in [0.29, 0.717) is 6.04 Å². The van der Waals surface area contributed by atoms with Gasteiger partial charge < -0.3 is 10.1 Å². The SMILES string of the molecule is COCCCCN1CCNCC1Cc1ccccc1. The summed E-state index contributed by atoms with van der Waals surface area (Å²) in [5.41, 5.74) is 1.44. The van der Waals surface area contributed by atoms with Gasteiger partial charge in [-0.15, -0.1) is 0 Å². The van der Waals surface area contributed by atoms with Crippen LogP contribution in [-0.2, 0) is 11.2 Å². The van der Waals surface area contributed by atoms with Crippen LogP contribution in [0.5, 0.6) is 0 Å². The van der Waals surface area contributed by atoms with Gasteiger partial charge >= 0.3 is 0 Å². The Morgan fingerprint density at radius 2 is 2.11 bits per heavy atom. The molecule has 3 nitrogen and oxygen atoms in total. The number of unbranched alkanes of at least 4 members (excludes halogenated alkanes) is 1. The van der Waals surface area contributed by atoms with Gasteiger partial charge in [0.25, 0.3) is 0 Å². The minimum absolute atomic E-state index is 0.638. The van der Waals surface area contributed by atoms with Crippen molar-refractivity contribution in [3.8, 4) is 0 Å². The first-order valence-electron chi connectivity index (χ1n) is 7.38. The van der Waals surface area contributed by atoms with Crippen molar-refractivity contribution in [1.82, 2.24) is 10.2 Å². The summed E-state index contributed by atoms with van der Waals surface area (Å²) in [5, 5.41) is 3.52. The molecule has 2 rings (SSSR count). The number of ether oxygens (including phenoxy) is 1. The van der Waals surface area contributed by atoms with Gasteiger partial charge in [-0.05, 0) is 31.4 Å². The quantitative estimate of drug-likeness (QED) is 0.760. The molecule has 0 amide bonds. The molecule has 0 spiro atoms. The van der Waals surface area contributed by atoms with E-state index in [9.17, 15) is 0 Å². The van der Waals surface area contributed by atoms with Crippen molar-refractivity contribution in [3.05, 3.63) is 35.9 Å². The number of methoxy groups -OCH3 is 1. The highest BCUT2D eigenvalue weighted by Crippen LogP contribution is 2.12. The van der Waals surface area contributed by atoms with E-state index in [1.807, 2.05) is 0 Å². The van der Waals surface area contributed by atoms with Crippen LogP contribution in [0.2, 0.25) is 0 Å². The fraction of sp³-hybridized carbons (Fsp3) is 0.625. The Bertz CT molecular complexity index is 342. The van der Waals surface area contributed by atoms with Crippen molar-refractivity contribution in [1.29, 1.82) is 0 Å². The minimum atomic E-state index is 0.638. The first-order chi connectivity index (χ1) is 9.40. The maximum absolute atomic E-state index is 5.12. The number of rotatable bonds is 7. The predicted molar refractivity (Wildman–Crippen MR) is 79.5 cm³/mol. The van der Waals surface area contributed by atoms with E-state index < -0.39 is 0 Å². The molecule has 1 fully saturated rings. The Hall–Kier alpha value is -0.900. The van der Waals surface area contributed by atoms with Gasteiger partial charge in [0, 0.05) is 39.4 Å². The molecule has 1 atom stereocenters. The van der Waals surface area contributed by atoms with E-state index in [2.05, 4.69) is 40.5 Å². The predicted octanol–water partition coefficient (Wildman–Crippen LogP) is 1.93. The molecule has 1 aromatic carbocycles. The molecule has 0 aliphatic carbocycles. The summed E-state index contributed by atoms with van der Waals surface area (Å²) in [6.45, 7) is 5.48. The molecule has 1 unspecified atom stereocenters. The van der Waals surface area contributed by atoms with Crippen LogP contribution in [0.1, 0.15) is 18.4 Å². The van der Waals surface area contributed by atoms with Crippen molar-refractivity contribution in [3.63, 3.8) is 0 Å². The van der Waals surface area contributed by atoms with Gasteiger partial charge in [-0.25, -0.2) is 0 Å². The van der Waals surface area contributed by atoms with E-state index in [4.69, 9.17) is 4.74 Å². The molecule has 1 aliphatic rings. The molecule has 106 valence electrons. The lowest BCUT2D eigenvalue weighted by Gasteiger charge is -2.36. The number of nitrogens with one attached hydrogen (secondary N) is 1. The van der Waals surface area contributed by atoms with E-state index >= 15 is 0 Å². The lowest BCUT2D eigenvalue weighted by molar-refractivity contribution is 0.145. The number of benzene rings is 1. The normalized spacial score (nSPS) is 20.6. The largest absolute Gasteiger partial charge is 0.385 e. The van der Waals surface area contributed by atoms with Crippen LogP contribution < -0.4 is 5.32 Å². The molecule has 0 radical (unpaired) electrons. The standard InChI is InChI=1S/C16H26N2O/c1-19-12-6-5-10-18-11-9-17-14-16(18)13-15-7-3-2-4-8-15/h2-4,7-8,16-17H,5-6,9-14H2,1H3. The highest BCUT2D eigenvalue weighted by molar-refractivity contribution is 5.16. The van der Waals surface area contributed by atoms with Gasteiger partial charge in [-0.2, -0.15) is 0 Å². The lowest BCUT2D eigenvalue weighted by atomic mass is 10.0. The average molecular weight is 262 g/mol. The minimum Gasteiger partial charge on any atom is -0.385 e. The zero-order valence-electron chi connectivity index (χ0n) is 12.0. The Labute approximate surface area is 116 Å². The summed E-state index contributed by atoms with van der Waals surface area (Å²) in [6.07, 6.45) is 3.55. The van der Waals surface area contributed by atoms with E-state index in [0.717, 1.165) is 26.1 Å². The molecule has 1 saturated heterocycles. The van der Waals surface area contributed by atoms with Crippen LogP contribution in [0.15, 0.2) is 30.3 Å². The molecule has 1 N–H and O–H groups in total. The van der Waals surface area contributed by atoms with Crippen LogP contribution in [0.3, 0.4) is 0 Å². The van der Waals surface area contributed by atoms with Crippen molar-refractivity contribution < 1.29 is 4.74 Å². The van der Waals surface area contributed by atoms with Gasteiger partial charge in [0.2, 0.25) is 0 Å². The van der Waals surface area contributed by atoms with Crippen LogP contribution in [-0.4, -0.2) is 50.8 Å². The summed E-state index contributed by atoms with van der Waals surface area (Å²) < 4.78 is 5.12. The summed E-state index contributed by atoms with van der Waals surface area (Å²) in [5.74, 6) is 0. The Kier molecular flexibility index (Phi) is 6.34. The second kappa shape index (κ2) is 8.31. The summed E-state index contributed by atoms with van der Waals surface area (Å²) in [6, 6.07) is 11.5. The first-order valence-corrected chi connectivity index (χ1v) is 7.38. The molecule has 1 aromatic rings. The molecule has 19 heavy (non-hydrogen) atoms. The van der Waals surface area contributed by atoms with Crippen LogP contribution in [0.4, 0.5) is 0 Å². The number of hydrogen-bond acceptors (Lipinski definition) is 3. The van der Waals surface area contributed by atoms with Gasteiger partial charge in [-0.1, -0.05) is 30.3 Å². The van der Waals surface area contributed by atoms with Crippen LogP contribution >= 0.6 is 0 Å². The third kappa shape index (κ3) is 4.94. The highest BCUT2D eigenvalue weighted by atomic mass is 16.5. The second-order valence-corrected chi connectivity index (χ2v) is 5.28. The molecule has 0 bridgehead atoms. The van der Waals surface area contributed by atoms with Crippen molar-refractivity contribution in [2.45, 2.75) is 25.3 Å². The topological polar surface area (TPSA) is 24.5 Å². The Morgan fingerprint density at radius 3 is 2.89 bits per heavy atom.